The fourth-order valence-corrected chi connectivity index (χ4v) is 5.23. The van der Waals surface area contributed by atoms with Crippen LogP contribution in [0.1, 0.15) is 59.9 Å². The lowest BCUT2D eigenvalue weighted by Gasteiger charge is -2.28. The minimum Gasteiger partial charge on any atom is -0.444 e. The van der Waals surface area contributed by atoms with Gasteiger partial charge in [0.1, 0.15) is 27.7 Å². The predicted octanol–water partition coefficient (Wildman–Crippen LogP) is 8.37. The fourth-order valence-electron chi connectivity index (χ4n) is 3.83. The highest BCUT2D eigenvalue weighted by atomic mass is 35.5. The van der Waals surface area contributed by atoms with E-state index in [9.17, 15) is 14.0 Å². The number of halogens is 3. The molecule has 3 aromatic rings. The molecule has 1 saturated heterocycles. The number of nitrogens with one attached hydrogen (secondary N) is 1. The number of ether oxygens (including phenoxy) is 3. The van der Waals surface area contributed by atoms with E-state index in [0.29, 0.717) is 33.1 Å². The van der Waals surface area contributed by atoms with E-state index in [4.69, 9.17) is 37.4 Å². The van der Waals surface area contributed by atoms with Gasteiger partial charge in [-0.3, -0.25) is 4.90 Å². The van der Waals surface area contributed by atoms with Gasteiger partial charge < -0.3 is 19.5 Å². The van der Waals surface area contributed by atoms with Crippen LogP contribution >= 0.6 is 34.5 Å². The van der Waals surface area contributed by atoms with Crippen molar-refractivity contribution in [1.82, 2.24) is 10.3 Å². The molecular formula is C29H36Cl2FN3O5S. The fraction of sp³-hybridized carbons (Fsp3) is 0.483. The summed E-state index contributed by atoms with van der Waals surface area (Å²) < 4.78 is 30.8. The van der Waals surface area contributed by atoms with E-state index in [1.54, 1.807) is 50.4 Å². The average Bonchev–Trinajstić information content (AvgIpc) is 3.22. The van der Waals surface area contributed by atoms with Crippen LogP contribution in [0.4, 0.5) is 19.7 Å². The Morgan fingerprint density at radius 3 is 2.44 bits per heavy atom. The second-order valence-electron chi connectivity index (χ2n) is 11.4. The van der Waals surface area contributed by atoms with E-state index in [2.05, 4.69) is 10.3 Å². The number of thiophene rings is 1. The number of hydrogen-bond donors (Lipinski definition) is 1. The van der Waals surface area contributed by atoms with Gasteiger partial charge in [0.2, 0.25) is 0 Å². The molecule has 0 bridgehead atoms. The molecule has 4 rings (SSSR count). The molecule has 12 heteroatoms. The second-order valence-corrected chi connectivity index (χ2v) is 13.1. The van der Waals surface area contributed by atoms with Crippen molar-refractivity contribution in [2.45, 2.75) is 78.2 Å². The van der Waals surface area contributed by atoms with Gasteiger partial charge in [0.05, 0.1) is 34.6 Å². The summed E-state index contributed by atoms with van der Waals surface area (Å²) in [6.45, 7) is 12.2. The van der Waals surface area contributed by atoms with Gasteiger partial charge in [0.25, 0.3) is 0 Å². The number of hydrogen-bond acceptors (Lipinski definition) is 7. The highest BCUT2D eigenvalue weighted by molar-refractivity contribution is 7.18. The second kappa shape index (κ2) is 14.0. The highest BCUT2D eigenvalue weighted by Gasteiger charge is 2.27. The molecule has 8 nitrogen and oxygen atoms in total. The molecule has 2 aromatic heterocycles. The molecule has 0 radical (unpaired) electrons. The number of benzene rings is 1. The van der Waals surface area contributed by atoms with Gasteiger partial charge in [-0.15, -0.1) is 11.3 Å². The number of aromatic nitrogens is 1. The Hall–Kier alpha value is -2.66. The third-order valence-electron chi connectivity index (χ3n) is 5.50. The van der Waals surface area contributed by atoms with Crippen molar-refractivity contribution in [3.05, 3.63) is 57.3 Å². The van der Waals surface area contributed by atoms with Crippen molar-refractivity contribution in [3.63, 3.8) is 0 Å². The highest BCUT2D eigenvalue weighted by Crippen LogP contribution is 2.38. The van der Waals surface area contributed by atoms with Crippen LogP contribution in [0.5, 0.6) is 0 Å². The van der Waals surface area contributed by atoms with Gasteiger partial charge in [0, 0.05) is 23.6 Å². The first-order valence-electron chi connectivity index (χ1n) is 13.2. The van der Waals surface area contributed by atoms with Crippen molar-refractivity contribution in [2.75, 3.05) is 18.1 Å². The molecule has 0 aliphatic carbocycles. The number of carbonyl (C=O) groups is 2. The Labute approximate surface area is 254 Å². The summed E-state index contributed by atoms with van der Waals surface area (Å²) in [6, 6.07) is 7.94. The maximum Gasteiger partial charge on any atom is 0.415 e. The molecule has 41 heavy (non-hydrogen) atoms. The molecule has 1 aromatic carbocycles. The van der Waals surface area contributed by atoms with Crippen molar-refractivity contribution in [2.24, 2.45) is 0 Å². The molecular weight excluding hydrogens is 592 g/mol. The van der Waals surface area contributed by atoms with Gasteiger partial charge in [-0.05, 0) is 60.5 Å². The molecule has 1 aliphatic rings. The Morgan fingerprint density at radius 2 is 1.83 bits per heavy atom. The summed E-state index contributed by atoms with van der Waals surface area (Å²) in [7, 11) is 0. The number of amides is 2. The van der Waals surface area contributed by atoms with E-state index in [1.165, 1.54) is 22.3 Å². The van der Waals surface area contributed by atoms with Crippen LogP contribution in [0.2, 0.25) is 10.2 Å². The Morgan fingerprint density at radius 1 is 1.15 bits per heavy atom. The zero-order chi connectivity index (χ0) is 30.4. The standard InChI is InChI=1S/C19H17Cl2FN2O2S.C10H19NO3/c1-19(2,3)26-18(25)24(9-11-6-4-5-7-13(11)22)14-8-15(21)23-16-12(20)10-27-17(14)16;1-10(2,3)14-9(12)11-8-5-4-6-13-7-8/h4-8,10H,9H2,1-3H3;8H,4-7H2,1-3H3,(H,11,12). The van der Waals surface area contributed by atoms with Crippen molar-refractivity contribution < 1.29 is 28.2 Å². The lowest BCUT2D eigenvalue weighted by molar-refractivity contribution is 0.0347. The molecule has 1 fully saturated rings. The number of fused-ring (bicyclic) bond motifs is 1. The average molecular weight is 629 g/mol. The summed E-state index contributed by atoms with van der Waals surface area (Å²) in [5.41, 5.74) is 0.172. The SMILES string of the molecule is CC(C)(C)OC(=O)N(Cc1ccccc1F)c1cc(Cl)nc2c(Cl)csc12.CC(C)(C)OC(=O)NC1CCCOC1. The van der Waals surface area contributed by atoms with E-state index in [0.717, 1.165) is 19.4 Å². The quantitative estimate of drug-likeness (QED) is 0.292. The molecule has 1 aliphatic heterocycles. The lowest BCUT2D eigenvalue weighted by atomic mass is 10.1. The van der Waals surface area contributed by atoms with Crippen molar-refractivity contribution in [1.29, 1.82) is 0 Å². The predicted molar refractivity (Wildman–Crippen MR) is 162 cm³/mol. The molecule has 0 saturated carbocycles. The number of alkyl carbamates (subject to hydrolysis) is 1. The van der Waals surface area contributed by atoms with Gasteiger partial charge in [-0.2, -0.15) is 0 Å². The normalized spacial score (nSPS) is 15.5. The number of carbonyl (C=O) groups excluding carboxylic acids is 2. The minimum absolute atomic E-state index is 0.0213. The number of pyridine rings is 1. The van der Waals surface area contributed by atoms with Gasteiger partial charge >= 0.3 is 12.2 Å². The smallest absolute Gasteiger partial charge is 0.415 e. The number of nitrogens with zero attached hydrogens (tertiary/aromatic N) is 2. The Bertz CT molecular complexity index is 1350. The molecule has 1 N–H and O–H groups in total. The molecule has 224 valence electrons. The topological polar surface area (TPSA) is 90.0 Å². The van der Waals surface area contributed by atoms with E-state index >= 15 is 0 Å². The van der Waals surface area contributed by atoms with Gasteiger partial charge in [-0.1, -0.05) is 41.4 Å². The zero-order valence-electron chi connectivity index (χ0n) is 24.1. The van der Waals surface area contributed by atoms with Gasteiger partial charge in [-0.25, -0.2) is 19.0 Å². The van der Waals surface area contributed by atoms with Crippen LogP contribution in [-0.2, 0) is 20.8 Å². The maximum absolute atomic E-state index is 14.2. The lowest BCUT2D eigenvalue weighted by Crippen LogP contribution is -2.43. The van der Waals surface area contributed by atoms with Crippen LogP contribution in [0.3, 0.4) is 0 Å². The monoisotopic (exact) mass is 627 g/mol. The third kappa shape index (κ3) is 10.3. The van der Waals surface area contributed by atoms with E-state index < -0.39 is 23.1 Å². The summed E-state index contributed by atoms with van der Waals surface area (Å²) in [5.74, 6) is -0.410. The van der Waals surface area contributed by atoms with Crippen LogP contribution in [0.25, 0.3) is 10.2 Å². The largest absolute Gasteiger partial charge is 0.444 e. The minimum atomic E-state index is -0.715. The summed E-state index contributed by atoms with van der Waals surface area (Å²) in [4.78, 5) is 29.8. The van der Waals surface area contributed by atoms with Crippen LogP contribution in [0, 0.1) is 5.82 Å². The number of anilines is 1. The molecule has 2 amide bonds. The van der Waals surface area contributed by atoms with E-state index in [-0.39, 0.29) is 23.8 Å². The molecule has 0 spiro atoms. The molecule has 1 atom stereocenters. The zero-order valence-corrected chi connectivity index (χ0v) is 26.4. The third-order valence-corrected chi connectivity index (χ3v) is 7.10. The van der Waals surface area contributed by atoms with Crippen LogP contribution in [-0.4, -0.2) is 47.6 Å². The summed E-state index contributed by atoms with van der Waals surface area (Å²) >= 11 is 13.7. The first kappa shape index (κ1) is 32.8. The Kier molecular flexibility index (Phi) is 11.2. The van der Waals surface area contributed by atoms with Crippen LogP contribution in [0.15, 0.2) is 35.7 Å². The Balaban J connectivity index is 0.000000278. The first-order chi connectivity index (χ1) is 19.1. The molecule has 3 heterocycles. The maximum atomic E-state index is 14.2. The van der Waals surface area contributed by atoms with E-state index in [1.807, 2.05) is 20.8 Å². The van der Waals surface area contributed by atoms with Gasteiger partial charge in [0.15, 0.2) is 0 Å². The summed E-state index contributed by atoms with van der Waals surface area (Å²) in [5, 5.41) is 5.13. The first-order valence-corrected chi connectivity index (χ1v) is 14.8. The summed E-state index contributed by atoms with van der Waals surface area (Å²) in [6.07, 6.45) is 1.01. The van der Waals surface area contributed by atoms with Crippen molar-refractivity contribution >= 4 is 62.6 Å². The van der Waals surface area contributed by atoms with Crippen molar-refractivity contribution in [3.8, 4) is 0 Å². The van der Waals surface area contributed by atoms with Crippen LogP contribution < -0.4 is 10.2 Å². The number of rotatable bonds is 4. The molecule has 1 unspecified atom stereocenters.